The first-order valence-electron chi connectivity index (χ1n) is 5.22. The normalized spacial score (nSPS) is 10.0. The van der Waals surface area contributed by atoms with Crippen molar-refractivity contribution in [1.29, 1.82) is 0 Å². The first-order chi connectivity index (χ1) is 8.58. The van der Waals surface area contributed by atoms with Gasteiger partial charge in [-0.25, -0.2) is 0 Å². The molecule has 0 aliphatic heterocycles. The molecule has 0 saturated heterocycles. The molecule has 92 valence electrons. The van der Waals surface area contributed by atoms with E-state index in [1.807, 2.05) is 36.4 Å². The molecular weight excluding hydrogens is 264 g/mol. The van der Waals surface area contributed by atoms with E-state index in [-0.39, 0.29) is 10.2 Å². The Morgan fingerprint density at radius 2 is 1.17 bits per heavy atom. The third-order valence-corrected chi connectivity index (χ3v) is 2.64. The van der Waals surface area contributed by atoms with Gasteiger partial charge in [-0.3, -0.25) is 0 Å². The number of rotatable bonds is 2. The number of fused-ring (bicyclic) bond motifs is 1. The van der Waals surface area contributed by atoms with Crippen molar-refractivity contribution in [1.82, 2.24) is 0 Å². The van der Waals surface area contributed by atoms with Crippen LogP contribution in [0.15, 0.2) is 36.4 Å². The number of thiocarbonyl (C=S) groups is 2. The van der Waals surface area contributed by atoms with Crippen LogP contribution in [0.1, 0.15) is 0 Å². The summed E-state index contributed by atoms with van der Waals surface area (Å²) in [6, 6.07) is 11.6. The SMILES string of the molecule is NC(=S)Nc1cccc2c(NC(N)=S)cccc12. The van der Waals surface area contributed by atoms with Crippen LogP contribution in [0.3, 0.4) is 0 Å². The first-order valence-corrected chi connectivity index (χ1v) is 6.04. The second kappa shape index (κ2) is 5.16. The van der Waals surface area contributed by atoms with Gasteiger partial charge >= 0.3 is 0 Å². The van der Waals surface area contributed by atoms with Gasteiger partial charge in [0.25, 0.3) is 0 Å². The molecule has 2 aromatic carbocycles. The summed E-state index contributed by atoms with van der Waals surface area (Å²) in [5.41, 5.74) is 12.7. The molecule has 0 spiro atoms. The van der Waals surface area contributed by atoms with Crippen molar-refractivity contribution in [2.24, 2.45) is 11.5 Å². The van der Waals surface area contributed by atoms with E-state index in [9.17, 15) is 0 Å². The van der Waals surface area contributed by atoms with Gasteiger partial charge in [0.05, 0.1) is 0 Å². The van der Waals surface area contributed by atoms with Crippen LogP contribution in [-0.4, -0.2) is 10.2 Å². The molecule has 0 aliphatic rings. The highest BCUT2D eigenvalue weighted by Crippen LogP contribution is 2.29. The topological polar surface area (TPSA) is 76.1 Å². The molecule has 4 nitrogen and oxygen atoms in total. The fourth-order valence-corrected chi connectivity index (χ4v) is 2.01. The summed E-state index contributed by atoms with van der Waals surface area (Å²) in [6.07, 6.45) is 0. The fraction of sp³-hybridized carbons (Fsp3) is 0. The van der Waals surface area contributed by atoms with Crippen molar-refractivity contribution >= 4 is 56.8 Å². The zero-order chi connectivity index (χ0) is 13.1. The van der Waals surface area contributed by atoms with Gasteiger partial charge in [-0.15, -0.1) is 0 Å². The number of nitrogens with two attached hydrogens (primary N) is 2. The maximum Gasteiger partial charge on any atom is 0.168 e. The largest absolute Gasteiger partial charge is 0.376 e. The molecule has 6 heteroatoms. The van der Waals surface area contributed by atoms with Gasteiger partial charge < -0.3 is 22.1 Å². The van der Waals surface area contributed by atoms with Crippen LogP contribution in [0.25, 0.3) is 10.8 Å². The van der Waals surface area contributed by atoms with Crippen molar-refractivity contribution in [3.63, 3.8) is 0 Å². The molecule has 6 N–H and O–H groups in total. The minimum atomic E-state index is 0.232. The van der Waals surface area contributed by atoms with Crippen LogP contribution in [0, 0.1) is 0 Å². The Morgan fingerprint density at radius 1 is 0.778 bits per heavy atom. The van der Waals surface area contributed by atoms with E-state index >= 15 is 0 Å². The lowest BCUT2D eigenvalue weighted by Crippen LogP contribution is -2.20. The third kappa shape index (κ3) is 2.66. The van der Waals surface area contributed by atoms with E-state index in [0.717, 1.165) is 22.1 Å². The van der Waals surface area contributed by atoms with Gasteiger partial charge in [-0.05, 0) is 36.6 Å². The molecule has 2 rings (SSSR count). The summed E-state index contributed by atoms with van der Waals surface area (Å²) in [4.78, 5) is 0. The van der Waals surface area contributed by atoms with E-state index in [1.54, 1.807) is 0 Å². The lowest BCUT2D eigenvalue weighted by molar-refractivity contribution is 1.62. The van der Waals surface area contributed by atoms with Gasteiger partial charge in [0.1, 0.15) is 0 Å². The average Bonchev–Trinajstić information content (AvgIpc) is 2.29. The number of nitrogens with one attached hydrogen (secondary N) is 2. The Labute approximate surface area is 115 Å². The number of anilines is 2. The molecule has 0 bridgehead atoms. The number of benzene rings is 2. The average molecular weight is 276 g/mol. The zero-order valence-electron chi connectivity index (χ0n) is 9.44. The monoisotopic (exact) mass is 276 g/mol. The minimum absolute atomic E-state index is 0.232. The molecule has 0 unspecified atom stereocenters. The van der Waals surface area contributed by atoms with Gasteiger partial charge in [0.2, 0.25) is 0 Å². The van der Waals surface area contributed by atoms with Crippen molar-refractivity contribution in [2.45, 2.75) is 0 Å². The van der Waals surface area contributed by atoms with Crippen LogP contribution in [0.5, 0.6) is 0 Å². The van der Waals surface area contributed by atoms with Gasteiger partial charge in [0.15, 0.2) is 10.2 Å². The predicted molar refractivity (Wildman–Crippen MR) is 84.8 cm³/mol. The summed E-state index contributed by atoms with van der Waals surface area (Å²) in [6.45, 7) is 0. The molecule has 0 fully saturated rings. The van der Waals surface area contributed by atoms with Crippen LogP contribution in [0.4, 0.5) is 11.4 Å². The van der Waals surface area contributed by atoms with Crippen molar-refractivity contribution < 1.29 is 0 Å². The summed E-state index contributed by atoms with van der Waals surface area (Å²) >= 11 is 9.71. The Bertz CT molecular complexity index is 569. The fourth-order valence-electron chi connectivity index (χ4n) is 1.79. The van der Waals surface area contributed by atoms with Gasteiger partial charge in [-0.2, -0.15) is 0 Å². The minimum Gasteiger partial charge on any atom is -0.376 e. The summed E-state index contributed by atoms with van der Waals surface area (Å²) in [7, 11) is 0. The molecule has 0 amide bonds. The van der Waals surface area contributed by atoms with Crippen LogP contribution < -0.4 is 22.1 Å². The molecule has 2 aromatic rings. The molecule has 18 heavy (non-hydrogen) atoms. The summed E-state index contributed by atoms with van der Waals surface area (Å²) in [5.74, 6) is 0. The van der Waals surface area contributed by atoms with Crippen LogP contribution in [0.2, 0.25) is 0 Å². The van der Waals surface area contributed by atoms with Gasteiger partial charge in [0, 0.05) is 22.1 Å². The molecule has 0 aliphatic carbocycles. The molecular formula is C12H12N4S2. The van der Waals surface area contributed by atoms with E-state index in [4.69, 9.17) is 35.9 Å². The Kier molecular flexibility index (Phi) is 3.59. The van der Waals surface area contributed by atoms with E-state index in [0.29, 0.717) is 0 Å². The maximum absolute atomic E-state index is 5.50. The first kappa shape index (κ1) is 12.5. The molecule has 0 aromatic heterocycles. The Hall–Kier alpha value is -1.92. The molecule has 0 radical (unpaired) electrons. The number of hydrogen-bond donors (Lipinski definition) is 4. The maximum atomic E-state index is 5.50. The highest BCUT2D eigenvalue weighted by atomic mass is 32.1. The van der Waals surface area contributed by atoms with Crippen molar-refractivity contribution in [2.75, 3.05) is 10.6 Å². The lowest BCUT2D eigenvalue weighted by Gasteiger charge is -2.12. The zero-order valence-corrected chi connectivity index (χ0v) is 11.1. The molecule has 0 saturated carbocycles. The molecule has 0 atom stereocenters. The highest BCUT2D eigenvalue weighted by molar-refractivity contribution is 7.80. The second-order valence-electron chi connectivity index (χ2n) is 3.68. The van der Waals surface area contributed by atoms with Crippen molar-refractivity contribution in [3.8, 4) is 0 Å². The van der Waals surface area contributed by atoms with Gasteiger partial charge in [-0.1, -0.05) is 24.3 Å². The van der Waals surface area contributed by atoms with Crippen molar-refractivity contribution in [3.05, 3.63) is 36.4 Å². The predicted octanol–water partition coefficient (Wildman–Crippen LogP) is 2.15. The smallest absolute Gasteiger partial charge is 0.168 e. The van der Waals surface area contributed by atoms with Crippen LogP contribution in [-0.2, 0) is 0 Å². The van der Waals surface area contributed by atoms with Crippen LogP contribution >= 0.6 is 24.4 Å². The quantitative estimate of drug-likeness (QED) is 0.630. The van der Waals surface area contributed by atoms with E-state index in [1.165, 1.54) is 0 Å². The highest BCUT2D eigenvalue weighted by Gasteiger charge is 2.05. The molecule has 0 heterocycles. The summed E-state index contributed by atoms with van der Waals surface area (Å²) in [5, 5.41) is 8.34. The standard InChI is InChI=1S/C12H12N4S2/c13-11(17)15-9-5-1-3-7-8(9)4-2-6-10(7)16-12(14)18/h1-6H,(H3,13,15,17)(H3,14,16,18). The number of hydrogen-bond acceptors (Lipinski definition) is 2. The third-order valence-electron chi connectivity index (χ3n) is 2.44. The van der Waals surface area contributed by atoms with E-state index < -0.39 is 0 Å². The Morgan fingerprint density at radius 3 is 1.50 bits per heavy atom. The lowest BCUT2D eigenvalue weighted by atomic mass is 10.1. The summed E-state index contributed by atoms with van der Waals surface area (Å²) < 4.78 is 0. The second-order valence-corrected chi connectivity index (χ2v) is 4.56. The Balaban J connectivity index is 2.57. The van der Waals surface area contributed by atoms with E-state index in [2.05, 4.69) is 10.6 Å².